The number of hydrogen-bond donors (Lipinski definition) is 1. The van der Waals surface area contributed by atoms with Crippen molar-refractivity contribution in [3.8, 4) is 17.0 Å². The number of guanidine groups is 1. The Morgan fingerprint density at radius 3 is 2.62 bits per heavy atom. The molecule has 6 nitrogen and oxygen atoms in total. The molecule has 8 heteroatoms. The summed E-state index contributed by atoms with van der Waals surface area (Å²) in [5, 5.41) is 3.58. The van der Waals surface area contributed by atoms with E-state index in [1.54, 1.807) is 13.2 Å². The molecule has 0 radical (unpaired) electrons. The third-order valence-electron chi connectivity index (χ3n) is 5.17. The summed E-state index contributed by atoms with van der Waals surface area (Å²) in [6, 6.07) is 11.9. The fraction of sp³-hybridized carbons (Fsp3) is 0.154. The van der Waals surface area contributed by atoms with Crippen LogP contribution in [0.2, 0.25) is 5.02 Å². The first-order valence-corrected chi connectivity index (χ1v) is 11.0. The van der Waals surface area contributed by atoms with Gasteiger partial charge in [0.25, 0.3) is 0 Å². The lowest BCUT2D eigenvalue weighted by molar-refractivity contribution is 0.416. The highest BCUT2D eigenvalue weighted by Crippen LogP contribution is 2.32. The minimum Gasteiger partial charge on any atom is -0.496 e. The molecule has 172 valence electrons. The Kier molecular flexibility index (Phi) is 7.13. The van der Waals surface area contributed by atoms with Gasteiger partial charge in [-0.2, -0.15) is 0 Å². The molecule has 3 aromatic rings. The van der Waals surface area contributed by atoms with E-state index in [1.807, 2.05) is 56.3 Å². The maximum atomic E-state index is 13.6. The Hall–Kier alpha value is -3.84. The summed E-state index contributed by atoms with van der Waals surface area (Å²) < 4.78 is 19.2. The number of hydrogen-bond acceptors (Lipinski definition) is 6. The summed E-state index contributed by atoms with van der Waals surface area (Å²) in [6.07, 6.45) is 7.24. The van der Waals surface area contributed by atoms with Crippen LogP contribution in [0.3, 0.4) is 0 Å². The van der Waals surface area contributed by atoms with E-state index in [1.165, 1.54) is 18.5 Å². The van der Waals surface area contributed by atoms with Crippen molar-refractivity contribution in [2.24, 2.45) is 9.98 Å². The molecule has 1 aliphatic heterocycles. The van der Waals surface area contributed by atoms with Gasteiger partial charge in [0.2, 0.25) is 5.96 Å². The van der Waals surface area contributed by atoms with Crippen molar-refractivity contribution < 1.29 is 9.13 Å². The smallest absolute Gasteiger partial charge is 0.223 e. The van der Waals surface area contributed by atoms with Crippen molar-refractivity contribution in [1.82, 2.24) is 9.97 Å². The lowest BCUT2D eigenvalue weighted by atomic mass is 10.0. The normalized spacial score (nSPS) is 16.2. The quantitative estimate of drug-likeness (QED) is 0.492. The number of allylic oxidation sites excluding steroid dienone is 3. The standard InChI is InChI=1S/C26H23ClFN5O/c1-16-12-24(31-15-30-16)22-10-8-19(14-25(22)34-3)33-26-29-11-5-4-6-20(17(2)32-26)21-9-7-18(28)13-23(21)27/h4-10,12-15H,11H2,1-3H3,(H,29,33)/b5-4-,20-6-,32-17?. The number of nitrogens with zero attached hydrogens (tertiary/aromatic N) is 4. The highest BCUT2D eigenvalue weighted by Gasteiger charge is 2.13. The largest absolute Gasteiger partial charge is 0.496 e. The lowest BCUT2D eigenvalue weighted by Crippen LogP contribution is -2.13. The van der Waals surface area contributed by atoms with E-state index < -0.39 is 0 Å². The van der Waals surface area contributed by atoms with Gasteiger partial charge in [-0.3, -0.25) is 0 Å². The number of ether oxygens (including phenoxy) is 1. The van der Waals surface area contributed by atoms with Crippen LogP contribution in [0.5, 0.6) is 5.75 Å². The third kappa shape index (κ3) is 5.38. The number of nitrogens with one attached hydrogen (secondary N) is 1. The summed E-state index contributed by atoms with van der Waals surface area (Å²) in [5.74, 6) is 0.702. The molecule has 0 unspecified atom stereocenters. The van der Waals surface area contributed by atoms with Gasteiger partial charge < -0.3 is 10.1 Å². The number of anilines is 1. The van der Waals surface area contributed by atoms with Crippen LogP contribution < -0.4 is 10.1 Å². The van der Waals surface area contributed by atoms with Crippen molar-refractivity contribution >= 4 is 34.5 Å². The Bertz CT molecular complexity index is 1350. The third-order valence-corrected chi connectivity index (χ3v) is 5.48. The molecular weight excluding hydrogens is 453 g/mol. The Balaban J connectivity index is 1.64. The molecule has 4 rings (SSSR count). The Morgan fingerprint density at radius 2 is 1.85 bits per heavy atom. The maximum absolute atomic E-state index is 13.6. The molecule has 1 aliphatic rings. The molecule has 0 saturated carbocycles. The van der Waals surface area contributed by atoms with Gasteiger partial charge in [0, 0.05) is 39.9 Å². The fourth-order valence-corrected chi connectivity index (χ4v) is 3.78. The average Bonchev–Trinajstić information content (AvgIpc) is 2.89. The zero-order valence-electron chi connectivity index (χ0n) is 19.0. The van der Waals surface area contributed by atoms with Crippen LogP contribution >= 0.6 is 11.6 Å². The van der Waals surface area contributed by atoms with E-state index >= 15 is 0 Å². The topological polar surface area (TPSA) is 71.8 Å². The molecule has 1 aromatic heterocycles. The molecule has 0 fully saturated rings. The minimum atomic E-state index is -0.388. The molecule has 2 aromatic carbocycles. The summed E-state index contributed by atoms with van der Waals surface area (Å²) in [6.45, 7) is 4.22. The van der Waals surface area contributed by atoms with Crippen LogP contribution in [0.4, 0.5) is 10.1 Å². The highest BCUT2D eigenvalue weighted by atomic mass is 35.5. The molecule has 0 saturated heterocycles. The van der Waals surface area contributed by atoms with E-state index in [2.05, 4.69) is 20.3 Å². The van der Waals surface area contributed by atoms with Gasteiger partial charge in [-0.05, 0) is 50.2 Å². The van der Waals surface area contributed by atoms with Crippen LogP contribution in [0, 0.1) is 12.7 Å². The second kappa shape index (κ2) is 10.4. The van der Waals surface area contributed by atoms with Gasteiger partial charge in [0.15, 0.2) is 0 Å². The predicted octanol–water partition coefficient (Wildman–Crippen LogP) is 6.14. The molecule has 2 heterocycles. The van der Waals surface area contributed by atoms with Crippen molar-refractivity contribution in [1.29, 1.82) is 0 Å². The maximum Gasteiger partial charge on any atom is 0.223 e. The van der Waals surface area contributed by atoms with Crippen LogP contribution in [0.25, 0.3) is 16.8 Å². The zero-order chi connectivity index (χ0) is 24.1. The van der Waals surface area contributed by atoms with Gasteiger partial charge in [-0.25, -0.2) is 24.3 Å². The summed E-state index contributed by atoms with van der Waals surface area (Å²) in [4.78, 5) is 17.7. The number of rotatable bonds is 4. The fourth-order valence-electron chi connectivity index (χ4n) is 3.51. The molecule has 0 amide bonds. The van der Waals surface area contributed by atoms with Gasteiger partial charge in [0.05, 0.1) is 24.4 Å². The van der Waals surface area contributed by atoms with E-state index in [0.29, 0.717) is 34.6 Å². The molecule has 34 heavy (non-hydrogen) atoms. The van der Waals surface area contributed by atoms with E-state index in [4.69, 9.17) is 21.3 Å². The van der Waals surface area contributed by atoms with Gasteiger partial charge in [0.1, 0.15) is 17.9 Å². The number of benzene rings is 2. The van der Waals surface area contributed by atoms with E-state index in [-0.39, 0.29) is 5.82 Å². The molecular formula is C26H23ClFN5O. The van der Waals surface area contributed by atoms with Crippen molar-refractivity contribution in [2.75, 3.05) is 19.0 Å². The predicted molar refractivity (Wildman–Crippen MR) is 136 cm³/mol. The van der Waals surface area contributed by atoms with Crippen molar-refractivity contribution in [3.63, 3.8) is 0 Å². The SMILES string of the molecule is COc1cc(NC2=NC/C=C\C=C(/c3ccc(F)cc3Cl)C(C)=N2)ccc1-c1cc(C)ncn1. The monoisotopic (exact) mass is 475 g/mol. The second-order valence-electron chi connectivity index (χ2n) is 7.58. The average molecular weight is 476 g/mol. The van der Waals surface area contributed by atoms with Crippen LogP contribution in [-0.2, 0) is 0 Å². The first-order chi connectivity index (χ1) is 16.4. The number of methoxy groups -OCH3 is 1. The minimum absolute atomic E-state index is 0.320. The van der Waals surface area contributed by atoms with Crippen molar-refractivity contribution in [3.05, 3.63) is 89.1 Å². The zero-order valence-corrected chi connectivity index (χ0v) is 19.8. The van der Waals surface area contributed by atoms with Gasteiger partial charge >= 0.3 is 0 Å². The molecule has 0 atom stereocenters. The molecule has 1 N–H and O–H groups in total. The second-order valence-corrected chi connectivity index (χ2v) is 7.99. The Labute approximate surface area is 202 Å². The first-order valence-electron chi connectivity index (χ1n) is 10.6. The first kappa shape index (κ1) is 23.3. The van der Waals surface area contributed by atoms with Crippen LogP contribution in [0.15, 0.2) is 77.0 Å². The van der Waals surface area contributed by atoms with Crippen molar-refractivity contribution in [2.45, 2.75) is 13.8 Å². The van der Waals surface area contributed by atoms with E-state index in [0.717, 1.165) is 28.2 Å². The molecule has 0 aliphatic carbocycles. The summed E-state index contributed by atoms with van der Waals surface area (Å²) in [5.41, 5.74) is 5.43. The molecule has 0 bridgehead atoms. The lowest BCUT2D eigenvalue weighted by Gasteiger charge is -2.13. The van der Waals surface area contributed by atoms with Gasteiger partial charge in [-0.1, -0.05) is 29.8 Å². The summed E-state index contributed by atoms with van der Waals surface area (Å²) in [7, 11) is 1.62. The number of aryl methyl sites for hydroxylation is 1. The number of aliphatic imine (C=N–C) groups is 2. The number of aromatic nitrogens is 2. The highest BCUT2D eigenvalue weighted by molar-refractivity contribution is 6.36. The number of halogens is 2. The summed E-state index contributed by atoms with van der Waals surface area (Å²) >= 11 is 6.31. The van der Waals surface area contributed by atoms with Crippen LogP contribution in [-0.4, -0.2) is 35.3 Å². The Morgan fingerprint density at radius 1 is 1.03 bits per heavy atom. The van der Waals surface area contributed by atoms with Gasteiger partial charge in [-0.15, -0.1) is 0 Å². The van der Waals surface area contributed by atoms with Crippen LogP contribution in [0.1, 0.15) is 18.2 Å². The molecule has 0 spiro atoms. The van der Waals surface area contributed by atoms with E-state index in [9.17, 15) is 4.39 Å².